The fraction of sp³-hybridized carbons (Fsp3) is 0.267. The predicted molar refractivity (Wildman–Crippen MR) is 90.9 cm³/mol. The third-order valence-corrected chi connectivity index (χ3v) is 4.06. The van der Waals surface area contributed by atoms with Crippen LogP contribution in [0.25, 0.3) is 28.4 Å². The Kier molecular flexibility index (Phi) is 4.53. The topological polar surface area (TPSA) is 112 Å². The summed E-state index contributed by atoms with van der Waals surface area (Å²) in [6, 6.07) is 2.02. The average molecular weight is 408 g/mol. The van der Waals surface area contributed by atoms with Crippen molar-refractivity contribution in [2.45, 2.75) is 19.8 Å². The van der Waals surface area contributed by atoms with Crippen LogP contribution in [0.3, 0.4) is 0 Å². The number of esters is 1. The molecule has 0 aromatic carbocycles. The molecule has 0 saturated heterocycles. The number of halogens is 1. The first-order valence-corrected chi connectivity index (χ1v) is 8.22. The molecule has 3 aromatic rings. The van der Waals surface area contributed by atoms with Crippen LogP contribution in [0.15, 0.2) is 23.1 Å². The first-order valence-electron chi connectivity index (χ1n) is 7.43. The Labute approximate surface area is 150 Å². The van der Waals surface area contributed by atoms with Crippen molar-refractivity contribution >= 4 is 33.7 Å². The van der Waals surface area contributed by atoms with Crippen LogP contribution in [0.2, 0.25) is 0 Å². The molecule has 0 saturated carbocycles. The number of aryl methyl sites for hydroxylation is 1. The molecular formula is C15H14BrN5O4. The summed E-state index contributed by atoms with van der Waals surface area (Å²) >= 11 is 3.43. The SMILES string of the molecule is CCCC(=O)OC(=O)O.Cn1ccnc1-c1cc2nc3c-2c(Br)nn13. The third kappa shape index (κ3) is 3.12. The normalized spacial score (nSPS) is 11.0. The van der Waals surface area contributed by atoms with E-state index < -0.39 is 12.1 Å². The van der Waals surface area contributed by atoms with Gasteiger partial charge < -0.3 is 14.4 Å². The van der Waals surface area contributed by atoms with E-state index in [4.69, 9.17) is 5.11 Å². The van der Waals surface area contributed by atoms with Crippen molar-refractivity contribution in [1.82, 2.24) is 24.1 Å². The van der Waals surface area contributed by atoms with Gasteiger partial charge in [-0.3, -0.25) is 4.79 Å². The van der Waals surface area contributed by atoms with Gasteiger partial charge in [-0.25, -0.2) is 19.3 Å². The quantitative estimate of drug-likeness (QED) is 0.410. The minimum Gasteiger partial charge on any atom is -0.449 e. The summed E-state index contributed by atoms with van der Waals surface area (Å²) in [6.07, 6.45) is 2.93. The molecule has 2 aliphatic rings. The van der Waals surface area contributed by atoms with Crippen LogP contribution in [0.5, 0.6) is 0 Å². The van der Waals surface area contributed by atoms with E-state index >= 15 is 0 Å². The number of aromatic nitrogens is 5. The van der Waals surface area contributed by atoms with E-state index in [1.807, 2.05) is 28.4 Å². The highest BCUT2D eigenvalue weighted by Crippen LogP contribution is 2.40. The molecule has 10 heteroatoms. The molecule has 25 heavy (non-hydrogen) atoms. The second kappa shape index (κ2) is 6.63. The minimum atomic E-state index is -1.53. The molecule has 0 amide bonds. The fourth-order valence-electron chi connectivity index (χ4n) is 2.41. The molecular weight excluding hydrogens is 394 g/mol. The van der Waals surface area contributed by atoms with E-state index in [0.717, 1.165) is 33.0 Å². The molecule has 0 unspecified atom stereocenters. The predicted octanol–water partition coefficient (Wildman–Crippen LogP) is 2.88. The van der Waals surface area contributed by atoms with Gasteiger partial charge in [0, 0.05) is 25.9 Å². The zero-order valence-electron chi connectivity index (χ0n) is 13.4. The second-order valence-corrected chi connectivity index (χ2v) is 6.03. The van der Waals surface area contributed by atoms with Gasteiger partial charge in [0.05, 0.1) is 11.3 Å². The van der Waals surface area contributed by atoms with Gasteiger partial charge in [-0.05, 0) is 28.4 Å². The molecule has 0 aliphatic carbocycles. The summed E-state index contributed by atoms with van der Waals surface area (Å²) in [5.41, 5.74) is 3.99. The molecule has 0 spiro atoms. The van der Waals surface area contributed by atoms with Crippen molar-refractivity contribution in [3.63, 3.8) is 0 Å². The van der Waals surface area contributed by atoms with E-state index in [-0.39, 0.29) is 6.42 Å². The summed E-state index contributed by atoms with van der Waals surface area (Å²) in [6.45, 7) is 1.77. The maximum Gasteiger partial charge on any atom is 0.513 e. The van der Waals surface area contributed by atoms with Crippen molar-refractivity contribution in [2.75, 3.05) is 0 Å². The lowest BCUT2D eigenvalue weighted by atomic mass is 10.1. The maximum atomic E-state index is 10.3. The summed E-state index contributed by atoms with van der Waals surface area (Å²) in [4.78, 5) is 28.6. The number of hydrogen-bond acceptors (Lipinski definition) is 6. The molecule has 5 heterocycles. The number of nitrogens with zero attached hydrogens (tertiary/aromatic N) is 5. The van der Waals surface area contributed by atoms with Gasteiger partial charge in [-0.2, -0.15) is 5.10 Å². The summed E-state index contributed by atoms with van der Waals surface area (Å²) in [5.74, 6) is 0.208. The number of imidazole rings is 1. The van der Waals surface area contributed by atoms with Crippen molar-refractivity contribution in [1.29, 1.82) is 0 Å². The first kappa shape index (κ1) is 17.1. The lowest BCUT2D eigenvalue weighted by molar-refractivity contribution is -0.139. The van der Waals surface area contributed by atoms with Gasteiger partial charge in [0.2, 0.25) is 0 Å². The molecule has 9 nitrogen and oxygen atoms in total. The van der Waals surface area contributed by atoms with Crippen LogP contribution in [-0.4, -0.2) is 41.4 Å². The van der Waals surface area contributed by atoms with Gasteiger partial charge >= 0.3 is 12.1 Å². The lowest BCUT2D eigenvalue weighted by Crippen LogP contribution is -2.08. The number of rotatable bonds is 3. The Bertz CT molecular complexity index is 978. The molecule has 0 fully saturated rings. The number of carbonyl (C=O) groups is 2. The van der Waals surface area contributed by atoms with Crippen molar-refractivity contribution in [3.05, 3.63) is 23.1 Å². The van der Waals surface area contributed by atoms with Crippen molar-refractivity contribution in [2.24, 2.45) is 7.05 Å². The van der Waals surface area contributed by atoms with Crippen LogP contribution >= 0.6 is 15.9 Å². The monoisotopic (exact) mass is 407 g/mol. The lowest BCUT2D eigenvalue weighted by Gasteiger charge is -2.12. The second-order valence-electron chi connectivity index (χ2n) is 5.28. The van der Waals surface area contributed by atoms with Crippen LogP contribution < -0.4 is 0 Å². The van der Waals surface area contributed by atoms with E-state index in [9.17, 15) is 9.59 Å². The summed E-state index contributed by atoms with van der Waals surface area (Å²) in [5, 5.41) is 12.3. The molecule has 1 N–H and O–H groups in total. The number of pyridine rings is 1. The number of ether oxygens (including phenoxy) is 1. The standard InChI is InChI=1S/C10H6BrN5.C5H8O4/c1-15-3-2-12-9(15)6-4-5-7-8(11)14-16(6)10(7)13-5;1-2-3-4(6)9-5(7)8/h2-4H,1H3;2-3H2,1H3,(H,7,8). The number of hydrogen-bond donors (Lipinski definition) is 1. The van der Waals surface area contributed by atoms with Crippen LogP contribution in [0.4, 0.5) is 4.79 Å². The van der Waals surface area contributed by atoms with Gasteiger partial charge in [0.25, 0.3) is 0 Å². The van der Waals surface area contributed by atoms with E-state index in [1.54, 1.807) is 13.1 Å². The Balaban J connectivity index is 0.000000176. The van der Waals surface area contributed by atoms with Gasteiger partial charge in [-0.1, -0.05) is 6.92 Å². The molecule has 3 aromatic heterocycles. The summed E-state index contributed by atoms with van der Waals surface area (Å²) in [7, 11) is 1.97. The maximum absolute atomic E-state index is 10.3. The van der Waals surface area contributed by atoms with Gasteiger partial charge in [0.15, 0.2) is 11.5 Å². The number of fused-ring (bicyclic) bond motifs is 1. The molecule has 4 bridgehead atoms. The fourth-order valence-corrected chi connectivity index (χ4v) is 2.95. The number of carboxylic acid groups (broad SMARTS) is 1. The molecule has 5 rings (SSSR count). The van der Waals surface area contributed by atoms with Gasteiger partial charge in [-0.15, -0.1) is 0 Å². The zero-order valence-corrected chi connectivity index (χ0v) is 15.0. The van der Waals surface area contributed by atoms with Gasteiger partial charge in [0.1, 0.15) is 10.3 Å². The highest BCUT2D eigenvalue weighted by molar-refractivity contribution is 9.10. The minimum absolute atomic E-state index is 0.159. The van der Waals surface area contributed by atoms with Crippen molar-refractivity contribution < 1.29 is 19.4 Å². The van der Waals surface area contributed by atoms with E-state index in [0.29, 0.717) is 6.42 Å². The van der Waals surface area contributed by atoms with Crippen LogP contribution in [0.1, 0.15) is 19.8 Å². The van der Waals surface area contributed by atoms with Crippen LogP contribution in [0, 0.1) is 0 Å². The largest absolute Gasteiger partial charge is 0.513 e. The Morgan fingerprint density at radius 1 is 1.40 bits per heavy atom. The third-order valence-electron chi connectivity index (χ3n) is 3.51. The molecule has 0 radical (unpaired) electrons. The average Bonchev–Trinajstić information content (AvgIpc) is 3.00. The molecule has 130 valence electrons. The molecule has 0 atom stereocenters. The van der Waals surface area contributed by atoms with Crippen molar-refractivity contribution in [3.8, 4) is 22.8 Å². The van der Waals surface area contributed by atoms with Crippen LogP contribution in [-0.2, 0) is 16.6 Å². The number of carbonyl (C=O) groups excluding carboxylic acids is 1. The Morgan fingerprint density at radius 3 is 2.76 bits per heavy atom. The molecule has 2 aliphatic heterocycles. The summed E-state index contributed by atoms with van der Waals surface area (Å²) < 4.78 is 8.42. The van der Waals surface area contributed by atoms with E-state index in [1.165, 1.54) is 0 Å². The Hall–Kier alpha value is -2.75. The smallest absolute Gasteiger partial charge is 0.449 e. The highest BCUT2D eigenvalue weighted by Gasteiger charge is 2.28. The highest BCUT2D eigenvalue weighted by atomic mass is 79.9. The zero-order chi connectivity index (χ0) is 18.1. The first-order chi connectivity index (χ1) is 11.9. The van der Waals surface area contributed by atoms with E-state index in [2.05, 4.69) is 35.7 Å². The Morgan fingerprint density at radius 2 is 2.16 bits per heavy atom.